The van der Waals surface area contributed by atoms with Gasteiger partial charge in [-0.25, -0.2) is 4.68 Å². The first-order valence-electron chi connectivity index (χ1n) is 11.8. The van der Waals surface area contributed by atoms with Crippen LogP contribution in [-0.2, 0) is 13.1 Å². The smallest absolute Gasteiger partial charge is 0.252 e. The third-order valence-electron chi connectivity index (χ3n) is 6.70. The fourth-order valence-corrected chi connectivity index (χ4v) is 5.02. The van der Waals surface area contributed by atoms with Crippen molar-refractivity contribution in [1.82, 2.24) is 30.1 Å². The van der Waals surface area contributed by atoms with Gasteiger partial charge < -0.3 is 9.40 Å². The highest BCUT2D eigenvalue weighted by molar-refractivity contribution is 5.79. The van der Waals surface area contributed by atoms with E-state index in [1.54, 1.807) is 6.26 Å². The zero-order chi connectivity index (χ0) is 22.8. The van der Waals surface area contributed by atoms with Crippen LogP contribution in [0.2, 0.25) is 0 Å². The highest BCUT2D eigenvalue weighted by Gasteiger charge is 2.30. The Morgan fingerprint density at radius 3 is 2.82 bits per heavy atom. The van der Waals surface area contributed by atoms with Crippen molar-refractivity contribution in [2.45, 2.75) is 71.1 Å². The van der Waals surface area contributed by atoms with Crippen LogP contribution in [0.25, 0.3) is 10.9 Å². The Kier molecular flexibility index (Phi) is 6.09. The van der Waals surface area contributed by atoms with Gasteiger partial charge >= 0.3 is 0 Å². The molecule has 0 bridgehead atoms. The average Bonchev–Trinajstić information content (AvgIpc) is 3.58. The highest BCUT2D eigenvalue weighted by Crippen LogP contribution is 2.33. The van der Waals surface area contributed by atoms with Gasteiger partial charge in [-0.05, 0) is 72.3 Å². The molecule has 0 saturated heterocycles. The van der Waals surface area contributed by atoms with Crippen molar-refractivity contribution in [1.29, 1.82) is 0 Å². The predicted molar refractivity (Wildman–Crippen MR) is 126 cm³/mol. The van der Waals surface area contributed by atoms with E-state index in [0.29, 0.717) is 19.1 Å². The van der Waals surface area contributed by atoms with Crippen LogP contribution in [0.1, 0.15) is 73.8 Å². The van der Waals surface area contributed by atoms with E-state index in [4.69, 9.17) is 4.42 Å². The van der Waals surface area contributed by atoms with Crippen molar-refractivity contribution < 1.29 is 4.42 Å². The molecule has 0 aliphatic heterocycles. The van der Waals surface area contributed by atoms with Crippen LogP contribution in [0.4, 0.5) is 0 Å². The Bertz CT molecular complexity index is 1270. The first kappa shape index (κ1) is 21.6. The molecule has 0 spiro atoms. The molecule has 1 fully saturated rings. The molecule has 3 heterocycles. The molecule has 4 aromatic rings. The van der Waals surface area contributed by atoms with Gasteiger partial charge in [-0.15, -0.1) is 5.10 Å². The number of fused-ring (bicyclic) bond motifs is 1. The van der Waals surface area contributed by atoms with Crippen LogP contribution < -0.4 is 5.56 Å². The molecule has 1 saturated carbocycles. The van der Waals surface area contributed by atoms with Crippen molar-refractivity contribution in [3.8, 4) is 0 Å². The molecule has 1 N–H and O–H groups in total. The van der Waals surface area contributed by atoms with Crippen LogP contribution in [0.5, 0.6) is 0 Å². The van der Waals surface area contributed by atoms with Gasteiger partial charge in [-0.2, -0.15) is 0 Å². The van der Waals surface area contributed by atoms with E-state index < -0.39 is 0 Å². The lowest BCUT2D eigenvalue weighted by Gasteiger charge is -2.30. The van der Waals surface area contributed by atoms with E-state index in [-0.39, 0.29) is 11.6 Å². The molecule has 8 nitrogen and oxygen atoms in total. The van der Waals surface area contributed by atoms with E-state index in [2.05, 4.69) is 45.3 Å². The number of aromatic amines is 1. The van der Waals surface area contributed by atoms with Crippen LogP contribution in [0, 0.1) is 6.92 Å². The van der Waals surface area contributed by atoms with Crippen LogP contribution in [-0.4, -0.2) is 30.1 Å². The molecule has 1 aliphatic carbocycles. The minimum atomic E-state index is -0.0685. The molecule has 1 aromatic carbocycles. The Morgan fingerprint density at radius 1 is 1.21 bits per heavy atom. The van der Waals surface area contributed by atoms with Crippen LogP contribution in [0.3, 0.4) is 0 Å². The van der Waals surface area contributed by atoms with Gasteiger partial charge in [0, 0.05) is 17.6 Å². The summed E-state index contributed by atoms with van der Waals surface area (Å²) in [6.45, 7) is 5.23. The van der Waals surface area contributed by atoms with Crippen LogP contribution in [0.15, 0.2) is 51.9 Å². The lowest BCUT2D eigenvalue weighted by Crippen LogP contribution is -2.32. The number of H-pyrrole nitrogens is 1. The lowest BCUT2D eigenvalue weighted by molar-refractivity contribution is 0.146. The Morgan fingerprint density at radius 2 is 2.06 bits per heavy atom. The predicted octanol–water partition coefficient (Wildman–Crippen LogP) is 4.68. The van der Waals surface area contributed by atoms with E-state index in [1.807, 2.05) is 35.0 Å². The van der Waals surface area contributed by atoms with Crippen LogP contribution >= 0.6 is 0 Å². The summed E-state index contributed by atoms with van der Waals surface area (Å²) < 4.78 is 7.69. The quantitative estimate of drug-likeness (QED) is 0.422. The summed E-state index contributed by atoms with van der Waals surface area (Å²) in [6, 6.07) is 12.2. The topological polar surface area (TPSA) is 92.8 Å². The molecule has 5 rings (SSSR count). The normalized spacial score (nSPS) is 15.6. The van der Waals surface area contributed by atoms with Crippen molar-refractivity contribution in [2.24, 2.45) is 0 Å². The van der Waals surface area contributed by atoms with Crippen molar-refractivity contribution in [3.05, 3.63) is 75.7 Å². The van der Waals surface area contributed by atoms with Gasteiger partial charge in [0.05, 0.1) is 24.9 Å². The lowest BCUT2D eigenvalue weighted by atomic mass is 10.1. The van der Waals surface area contributed by atoms with E-state index in [1.165, 1.54) is 12.8 Å². The molecule has 3 aromatic heterocycles. The van der Waals surface area contributed by atoms with Gasteiger partial charge in [0.25, 0.3) is 5.56 Å². The molecule has 0 unspecified atom stereocenters. The average molecular weight is 447 g/mol. The van der Waals surface area contributed by atoms with Crippen molar-refractivity contribution in [3.63, 3.8) is 0 Å². The minimum absolute atomic E-state index is 0.0432. The summed E-state index contributed by atoms with van der Waals surface area (Å²) in [5.74, 6) is 1.71. The number of hydrogen-bond donors (Lipinski definition) is 1. The molecule has 33 heavy (non-hydrogen) atoms. The molecular weight excluding hydrogens is 416 g/mol. The van der Waals surface area contributed by atoms with Gasteiger partial charge in [0.2, 0.25) is 0 Å². The number of nitrogens with one attached hydrogen (secondary N) is 1. The number of furan rings is 1. The number of pyridine rings is 1. The van der Waals surface area contributed by atoms with Gasteiger partial charge in [0.15, 0.2) is 5.82 Å². The standard InChI is InChI=1S/C25H30N6O2/c1-3-23(24-27-28-29-31(24)20-7-4-5-8-20)30(16-21-9-6-12-33-21)15-19-14-18-13-17(2)10-11-22(18)26-25(19)32/h6,9-14,20,23H,3-5,7-8,15-16H2,1-2H3,(H,26,32)/t23-/m0/s1. The number of aryl methyl sites for hydroxylation is 1. The fourth-order valence-electron chi connectivity index (χ4n) is 5.02. The maximum atomic E-state index is 13.0. The molecule has 1 aliphatic rings. The Hall–Kier alpha value is -3.26. The third kappa shape index (κ3) is 4.48. The molecule has 0 amide bonds. The van der Waals surface area contributed by atoms with Crippen molar-refractivity contribution in [2.75, 3.05) is 0 Å². The molecular formula is C25H30N6O2. The van der Waals surface area contributed by atoms with Gasteiger partial charge in [-0.3, -0.25) is 9.69 Å². The Labute approximate surface area is 192 Å². The molecule has 1 atom stereocenters. The number of rotatable bonds is 8. The monoisotopic (exact) mass is 446 g/mol. The van der Waals surface area contributed by atoms with E-state index >= 15 is 0 Å². The first-order chi connectivity index (χ1) is 16.1. The summed E-state index contributed by atoms with van der Waals surface area (Å²) >= 11 is 0. The summed E-state index contributed by atoms with van der Waals surface area (Å²) in [6.07, 6.45) is 7.14. The number of nitrogens with zero attached hydrogens (tertiary/aromatic N) is 5. The summed E-state index contributed by atoms with van der Waals surface area (Å²) in [4.78, 5) is 18.3. The summed E-state index contributed by atoms with van der Waals surface area (Å²) in [5, 5.41) is 13.9. The van der Waals surface area contributed by atoms with Crippen molar-refractivity contribution >= 4 is 10.9 Å². The second kappa shape index (κ2) is 9.31. The number of hydrogen-bond acceptors (Lipinski definition) is 6. The molecule has 172 valence electrons. The maximum absolute atomic E-state index is 13.0. The minimum Gasteiger partial charge on any atom is -0.468 e. The largest absolute Gasteiger partial charge is 0.468 e. The van der Waals surface area contributed by atoms with E-state index in [0.717, 1.165) is 52.9 Å². The molecule has 0 radical (unpaired) electrons. The zero-order valence-corrected chi connectivity index (χ0v) is 19.2. The van der Waals surface area contributed by atoms with Gasteiger partial charge in [-0.1, -0.05) is 31.4 Å². The maximum Gasteiger partial charge on any atom is 0.252 e. The second-order valence-corrected chi connectivity index (χ2v) is 9.04. The molecule has 8 heteroatoms. The first-order valence-corrected chi connectivity index (χ1v) is 11.8. The Balaban J connectivity index is 1.52. The van der Waals surface area contributed by atoms with Gasteiger partial charge in [0.1, 0.15) is 5.76 Å². The number of benzene rings is 1. The summed E-state index contributed by atoms with van der Waals surface area (Å²) in [7, 11) is 0. The zero-order valence-electron chi connectivity index (χ0n) is 19.2. The van der Waals surface area contributed by atoms with E-state index in [9.17, 15) is 4.79 Å². The number of tetrazole rings is 1. The highest BCUT2D eigenvalue weighted by atomic mass is 16.3. The fraction of sp³-hybridized carbons (Fsp3) is 0.440. The SMILES string of the molecule is CC[C@@H](c1nnnn1C1CCCC1)N(Cc1ccco1)Cc1cc2cc(C)ccc2[nH]c1=O. The number of aromatic nitrogens is 5. The summed E-state index contributed by atoms with van der Waals surface area (Å²) in [5.41, 5.74) is 2.67. The second-order valence-electron chi connectivity index (χ2n) is 9.04. The third-order valence-corrected chi connectivity index (χ3v) is 6.70.